The van der Waals surface area contributed by atoms with Crippen molar-refractivity contribution in [2.75, 3.05) is 0 Å². The molecule has 0 spiro atoms. The van der Waals surface area contributed by atoms with Crippen LogP contribution < -0.4 is 10.1 Å². The first-order chi connectivity index (χ1) is 26.4. The minimum Gasteiger partial charge on any atom is -0.490 e. The van der Waals surface area contributed by atoms with Crippen LogP contribution in [-0.4, -0.2) is 34.6 Å². The van der Waals surface area contributed by atoms with Crippen LogP contribution in [0.4, 0.5) is 4.79 Å². The zero-order chi connectivity index (χ0) is 42.1. The number of allylic oxidation sites excluding steroid dienone is 2. The number of Topliss-reactive ketones (excluding diaryl/α,β-unsaturated/α-hetero) is 2. The van der Waals surface area contributed by atoms with Gasteiger partial charge in [0.05, 0.1) is 0 Å². The van der Waals surface area contributed by atoms with Crippen LogP contribution in [0.15, 0.2) is 95.6 Å². The van der Waals surface area contributed by atoms with Gasteiger partial charge in [0, 0.05) is 52.9 Å². The number of nitrogens with one attached hydrogen (secondary N) is 1. The number of aliphatic imine (C=N–C) groups is 1. The summed E-state index contributed by atoms with van der Waals surface area (Å²) in [6, 6.07) is 23.5. The highest BCUT2D eigenvalue weighted by Crippen LogP contribution is 2.34. The van der Waals surface area contributed by atoms with Gasteiger partial charge in [0.2, 0.25) is 0 Å². The number of benzene rings is 3. The van der Waals surface area contributed by atoms with E-state index in [2.05, 4.69) is 31.0 Å². The third-order valence-electron chi connectivity index (χ3n) is 8.61. The Labute approximate surface area is 333 Å². The Morgan fingerprint density at radius 3 is 1.93 bits per heavy atom. The van der Waals surface area contributed by atoms with Crippen molar-refractivity contribution in [3.05, 3.63) is 107 Å². The molecule has 1 fully saturated rings. The minimum atomic E-state index is -1.16. The molecule has 0 saturated heterocycles. The Morgan fingerprint density at radius 2 is 1.40 bits per heavy atom. The number of nitrogens with zero attached hydrogens (tertiary/aromatic N) is 1. The van der Waals surface area contributed by atoms with Crippen molar-refractivity contribution >= 4 is 29.1 Å². The molecule has 3 aromatic carbocycles. The van der Waals surface area contributed by atoms with Crippen molar-refractivity contribution < 1.29 is 24.2 Å². The van der Waals surface area contributed by atoms with Gasteiger partial charge in [-0.05, 0) is 67.5 Å². The van der Waals surface area contributed by atoms with E-state index in [0.29, 0.717) is 48.3 Å². The molecule has 0 aliphatic heterocycles. The fraction of sp³-hybridized carbons (Fsp3) is 0.458. The SMILES string of the molecule is C=C(NC(=O)O)c1ccccc1-c1ccc(C/C(C(C)=O)=C(\CCC)N=C(C)Cc2ccc(OC3CCC(=O)C(C)(C)C3)cc2)cc1.CC.CC.CC.CC. The minimum absolute atomic E-state index is 0.00422. The van der Waals surface area contributed by atoms with Crippen LogP contribution in [-0.2, 0) is 22.4 Å². The van der Waals surface area contributed by atoms with Crippen LogP contribution in [0.25, 0.3) is 16.8 Å². The molecule has 1 atom stereocenters. The van der Waals surface area contributed by atoms with Gasteiger partial charge in [-0.15, -0.1) is 0 Å². The van der Waals surface area contributed by atoms with Gasteiger partial charge in [-0.2, -0.15) is 0 Å². The molecule has 7 heteroatoms. The molecule has 0 radical (unpaired) electrons. The molecule has 0 aromatic heterocycles. The number of ketones is 2. The highest BCUT2D eigenvalue weighted by atomic mass is 16.5. The average molecular weight is 755 g/mol. The number of amides is 1. The van der Waals surface area contributed by atoms with Gasteiger partial charge < -0.3 is 9.84 Å². The van der Waals surface area contributed by atoms with Crippen LogP contribution in [0.3, 0.4) is 0 Å². The molecule has 55 heavy (non-hydrogen) atoms. The van der Waals surface area contributed by atoms with E-state index < -0.39 is 6.09 Å². The van der Waals surface area contributed by atoms with E-state index in [0.717, 1.165) is 58.7 Å². The van der Waals surface area contributed by atoms with Crippen molar-refractivity contribution in [2.24, 2.45) is 10.4 Å². The molecule has 3 aromatic rings. The molecular formula is C48H70N2O5. The molecule has 7 nitrogen and oxygen atoms in total. The molecule has 4 rings (SSSR count). The first kappa shape index (κ1) is 50.2. The van der Waals surface area contributed by atoms with Crippen molar-refractivity contribution in [1.29, 1.82) is 0 Å². The van der Waals surface area contributed by atoms with Crippen LogP contribution in [0.1, 0.15) is 139 Å². The maximum atomic E-state index is 12.9. The Morgan fingerprint density at radius 1 is 0.855 bits per heavy atom. The lowest BCUT2D eigenvalue weighted by Crippen LogP contribution is -2.37. The number of hydrogen-bond acceptors (Lipinski definition) is 5. The molecule has 2 N–H and O–H groups in total. The van der Waals surface area contributed by atoms with Crippen LogP contribution in [0.5, 0.6) is 5.75 Å². The topological polar surface area (TPSA) is 105 Å². The first-order valence-corrected chi connectivity index (χ1v) is 20.3. The van der Waals surface area contributed by atoms with E-state index in [1.54, 1.807) is 6.92 Å². The summed E-state index contributed by atoms with van der Waals surface area (Å²) >= 11 is 0. The second kappa shape index (κ2) is 26.9. The van der Waals surface area contributed by atoms with E-state index in [1.165, 1.54) is 0 Å². The predicted molar refractivity (Wildman–Crippen MR) is 234 cm³/mol. The molecular weight excluding hydrogens is 685 g/mol. The van der Waals surface area contributed by atoms with E-state index in [9.17, 15) is 14.4 Å². The number of carboxylic acid groups (broad SMARTS) is 1. The molecule has 1 amide bonds. The Hall–Kier alpha value is -4.78. The van der Waals surface area contributed by atoms with Crippen molar-refractivity contribution in [3.8, 4) is 16.9 Å². The van der Waals surface area contributed by atoms with Gasteiger partial charge in [0.25, 0.3) is 0 Å². The van der Waals surface area contributed by atoms with E-state index in [4.69, 9.17) is 14.8 Å². The monoisotopic (exact) mass is 755 g/mol. The smallest absolute Gasteiger partial charge is 0.409 e. The highest BCUT2D eigenvalue weighted by Gasteiger charge is 2.36. The summed E-state index contributed by atoms with van der Waals surface area (Å²) < 4.78 is 6.22. The zero-order valence-electron chi connectivity index (χ0n) is 36.2. The van der Waals surface area contributed by atoms with Crippen LogP contribution >= 0.6 is 0 Å². The summed E-state index contributed by atoms with van der Waals surface area (Å²) in [5.41, 5.74) is 7.00. The number of carbonyl (C=O) groups is 3. The average Bonchev–Trinajstić information content (AvgIpc) is 3.19. The third-order valence-corrected chi connectivity index (χ3v) is 8.61. The molecule has 0 heterocycles. The predicted octanol–water partition coefficient (Wildman–Crippen LogP) is 13.1. The fourth-order valence-electron chi connectivity index (χ4n) is 6.10. The number of ether oxygens (including phenoxy) is 1. The van der Waals surface area contributed by atoms with Gasteiger partial charge in [-0.25, -0.2) is 4.79 Å². The van der Waals surface area contributed by atoms with Gasteiger partial charge >= 0.3 is 6.09 Å². The van der Waals surface area contributed by atoms with Crippen LogP contribution in [0.2, 0.25) is 0 Å². The summed E-state index contributed by atoms with van der Waals surface area (Å²) in [5.74, 6) is 1.12. The lowest BCUT2D eigenvalue weighted by atomic mass is 9.75. The van der Waals surface area contributed by atoms with Gasteiger partial charge in [0.15, 0.2) is 5.78 Å². The molecule has 302 valence electrons. The van der Waals surface area contributed by atoms with E-state index in [-0.39, 0.29) is 17.3 Å². The standard InChI is InChI=1S/C40H46N2O5.4C2H6/c1-7-10-37(41-26(2)23-29-15-19-32(20-16-29)47-33-21-22-38(44)40(5,6)25-33)36(28(4)43)24-30-13-17-31(18-14-30)35-12-9-8-11-34(35)27(3)42-39(45)46;4*1-2/h8-9,11-20,33,42H,3,7,10,21-25H2,1-2,4-6H3,(H,45,46);4*1-2H3/b37-36-,41-26?;;;;. The Balaban J connectivity index is 0.00000342. The maximum absolute atomic E-state index is 12.9. The summed E-state index contributed by atoms with van der Waals surface area (Å²) in [6.07, 6.45) is 3.60. The van der Waals surface area contributed by atoms with Crippen molar-refractivity contribution in [2.45, 2.75) is 141 Å². The summed E-state index contributed by atoms with van der Waals surface area (Å²) in [4.78, 5) is 41.2. The molecule has 1 unspecified atom stereocenters. The maximum Gasteiger partial charge on any atom is 0.409 e. The summed E-state index contributed by atoms with van der Waals surface area (Å²) in [6.45, 7) is 29.6. The molecule has 1 saturated carbocycles. The molecule has 1 aliphatic carbocycles. The normalized spacial score (nSPS) is 14.7. The lowest BCUT2D eigenvalue weighted by Gasteiger charge is -2.33. The van der Waals surface area contributed by atoms with Crippen molar-refractivity contribution in [3.63, 3.8) is 0 Å². The summed E-state index contributed by atoms with van der Waals surface area (Å²) in [5, 5.41) is 11.5. The fourth-order valence-corrected chi connectivity index (χ4v) is 6.10. The number of hydrogen-bond donors (Lipinski definition) is 2. The van der Waals surface area contributed by atoms with Gasteiger partial charge in [0.1, 0.15) is 17.6 Å². The number of carbonyl (C=O) groups excluding carboxylic acids is 2. The first-order valence-electron chi connectivity index (χ1n) is 20.3. The molecule has 1 aliphatic rings. The van der Waals surface area contributed by atoms with Crippen LogP contribution in [0, 0.1) is 5.41 Å². The largest absolute Gasteiger partial charge is 0.490 e. The highest BCUT2D eigenvalue weighted by molar-refractivity contribution is 5.95. The third kappa shape index (κ3) is 16.6. The molecule has 0 bridgehead atoms. The Bertz CT molecular complexity index is 1680. The quantitative estimate of drug-likeness (QED) is 0.133. The van der Waals surface area contributed by atoms with E-state index >= 15 is 0 Å². The van der Waals surface area contributed by atoms with E-state index in [1.807, 2.05) is 137 Å². The number of rotatable bonds is 13. The lowest BCUT2D eigenvalue weighted by molar-refractivity contribution is -0.132. The zero-order valence-corrected chi connectivity index (χ0v) is 36.2. The second-order valence-electron chi connectivity index (χ2n) is 13.0. The van der Waals surface area contributed by atoms with Gasteiger partial charge in [-0.1, -0.05) is 150 Å². The second-order valence-corrected chi connectivity index (χ2v) is 13.0. The van der Waals surface area contributed by atoms with Crippen molar-refractivity contribution in [1.82, 2.24) is 5.32 Å². The summed E-state index contributed by atoms with van der Waals surface area (Å²) in [7, 11) is 0. The van der Waals surface area contributed by atoms with Gasteiger partial charge in [-0.3, -0.25) is 19.9 Å². The Kier molecular flexibility index (Phi) is 24.6.